The average Bonchev–Trinajstić information content (AvgIpc) is 3.23. The second-order valence-electron chi connectivity index (χ2n) is 6.45. The van der Waals surface area contributed by atoms with E-state index in [4.69, 9.17) is 5.73 Å². The van der Waals surface area contributed by atoms with Crippen LogP contribution in [0.2, 0.25) is 0 Å². The Hall–Kier alpha value is -3.02. The molecule has 0 unspecified atom stereocenters. The van der Waals surface area contributed by atoms with Crippen molar-refractivity contribution in [1.29, 1.82) is 0 Å². The largest absolute Gasteiger partial charge is 0.478 e. The number of rotatable bonds is 3. The number of carboxylic acids is 1. The van der Waals surface area contributed by atoms with Gasteiger partial charge in [0.25, 0.3) is 0 Å². The molecule has 0 atom stereocenters. The number of hydrogen-bond donors (Lipinski definition) is 2. The molecule has 0 radical (unpaired) electrons. The number of carbonyl (C=O) groups is 1. The highest BCUT2D eigenvalue weighted by Gasteiger charge is 2.18. The monoisotopic (exact) mass is 390 g/mol. The fraction of sp³-hybridized carbons (Fsp3) is 0.130. The zero-order valence-electron chi connectivity index (χ0n) is 15.8. The van der Waals surface area contributed by atoms with Crippen LogP contribution in [0.4, 0.5) is 0 Å². The molecule has 0 spiro atoms. The van der Waals surface area contributed by atoms with Crippen LogP contribution < -0.4 is 5.73 Å². The summed E-state index contributed by atoms with van der Waals surface area (Å²) in [6, 6.07) is 19.5. The van der Waals surface area contributed by atoms with E-state index in [0.717, 1.165) is 10.6 Å². The molecule has 0 aliphatic rings. The summed E-state index contributed by atoms with van der Waals surface area (Å²) in [5.74, 6) is -0.908. The third-order valence-corrected chi connectivity index (χ3v) is 5.34. The molecule has 0 aliphatic heterocycles. The number of nitrogens with zero attached hydrogens (tertiary/aromatic N) is 1. The minimum absolute atomic E-state index is 0.342. The summed E-state index contributed by atoms with van der Waals surface area (Å²) >= 11 is 1.56. The number of aromatic carboxylic acids is 1. The van der Waals surface area contributed by atoms with Gasteiger partial charge in [-0.15, -0.1) is 11.3 Å². The van der Waals surface area contributed by atoms with E-state index in [9.17, 15) is 9.90 Å². The summed E-state index contributed by atoms with van der Waals surface area (Å²) in [7, 11) is 0. The van der Waals surface area contributed by atoms with Gasteiger partial charge in [-0.05, 0) is 42.5 Å². The van der Waals surface area contributed by atoms with Crippen molar-refractivity contribution in [2.75, 3.05) is 0 Å². The van der Waals surface area contributed by atoms with Crippen molar-refractivity contribution in [1.82, 2.24) is 4.98 Å². The van der Waals surface area contributed by atoms with E-state index in [1.165, 1.54) is 11.1 Å². The average molecular weight is 391 g/mol. The highest BCUT2D eigenvalue weighted by Crippen LogP contribution is 2.31. The minimum Gasteiger partial charge on any atom is -0.478 e. The maximum atomic E-state index is 11.5. The van der Waals surface area contributed by atoms with Crippen LogP contribution in [-0.2, 0) is 6.54 Å². The molecular weight excluding hydrogens is 368 g/mol. The van der Waals surface area contributed by atoms with E-state index in [1.807, 2.05) is 42.6 Å². The van der Waals surface area contributed by atoms with Crippen LogP contribution in [0.25, 0.3) is 21.5 Å². The van der Waals surface area contributed by atoms with Crippen LogP contribution in [0.15, 0.2) is 66.0 Å². The first kappa shape index (κ1) is 19.7. The van der Waals surface area contributed by atoms with E-state index in [1.54, 1.807) is 17.4 Å². The Morgan fingerprint density at radius 3 is 2.36 bits per heavy atom. The molecular formula is C23H22N2O2S. The summed E-state index contributed by atoms with van der Waals surface area (Å²) in [6.07, 6.45) is 0. The van der Waals surface area contributed by atoms with Gasteiger partial charge >= 0.3 is 5.97 Å². The molecule has 2 heterocycles. The number of hydrogen-bond acceptors (Lipinski definition) is 4. The van der Waals surface area contributed by atoms with E-state index in [2.05, 4.69) is 36.2 Å². The molecule has 0 amide bonds. The molecule has 3 N–H and O–H groups in total. The fourth-order valence-corrected chi connectivity index (χ4v) is 3.73. The van der Waals surface area contributed by atoms with Crippen molar-refractivity contribution >= 4 is 28.2 Å². The number of fused-ring (bicyclic) bond motifs is 1. The van der Waals surface area contributed by atoms with Gasteiger partial charge in [-0.25, -0.2) is 9.78 Å². The topological polar surface area (TPSA) is 76.2 Å². The molecule has 4 rings (SSSR count). The highest BCUT2D eigenvalue weighted by atomic mass is 32.1. The fourth-order valence-electron chi connectivity index (χ4n) is 2.96. The number of para-hydroxylation sites is 1. The normalized spacial score (nSPS) is 10.4. The molecule has 2 aromatic carbocycles. The Bertz CT molecular complexity index is 1090. The predicted molar refractivity (Wildman–Crippen MR) is 116 cm³/mol. The van der Waals surface area contributed by atoms with Gasteiger partial charge in [0, 0.05) is 11.9 Å². The van der Waals surface area contributed by atoms with E-state index >= 15 is 0 Å². The third-order valence-electron chi connectivity index (χ3n) is 4.46. The number of benzene rings is 2. The quantitative estimate of drug-likeness (QED) is 0.489. The SMILES string of the molecule is Cc1c(-c2cccs2)nc2ccccc2c1C(=O)O.Cc1ccc(CN)cc1. The maximum absolute atomic E-state index is 11.5. The Labute approximate surface area is 168 Å². The van der Waals surface area contributed by atoms with Gasteiger partial charge in [0.1, 0.15) is 0 Å². The van der Waals surface area contributed by atoms with Gasteiger partial charge in [0.2, 0.25) is 0 Å². The lowest BCUT2D eigenvalue weighted by Crippen LogP contribution is -2.04. The number of aromatic nitrogens is 1. The molecule has 2 aromatic heterocycles. The van der Waals surface area contributed by atoms with Crippen molar-refractivity contribution in [3.8, 4) is 10.6 Å². The molecule has 142 valence electrons. The van der Waals surface area contributed by atoms with Gasteiger partial charge in [-0.1, -0.05) is 54.1 Å². The molecule has 4 aromatic rings. The minimum atomic E-state index is -0.908. The predicted octanol–water partition coefficient (Wildman–Crippen LogP) is 5.42. The lowest BCUT2D eigenvalue weighted by molar-refractivity contribution is 0.0698. The number of aryl methyl sites for hydroxylation is 1. The van der Waals surface area contributed by atoms with Gasteiger partial charge in [-0.3, -0.25) is 0 Å². The Kier molecular flexibility index (Phi) is 6.19. The summed E-state index contributed by atoms with van der Waals surface area (Å²) < 4.78 is 0. The molecule has 0 saturated heterocycles. The molecule has 0 bridgehead atoms. The second-order valence-corrected chi connectivity index (χ2v) is 7.40. The van der Waals surface area contributed by atoms with Gasteiger partial charge in [0.05, 0.1) is 21.7 Å². The summed E-state index contributed by atoms with van der Waals surface area (Å²) in [5, 5.41) is 12.1. The Morgan fingerprint density at radius 2 is 1.75 bits per heavy atom. The number of pyridine rings is 1. The highest BCUT2D eigenvalue weighted by molar-refractivity contribution is 7.13. The van der Waals surface area contributed by atoms with Crippen molar-refractivity contribution in [2.24, 2.45) is 5.73 Å². The van der Waals surface area contributed by atoms with Crippen molar-refractivity contribution < 1.29 is 9.90 Å². The van der Waals surface area contributed by atoms with Crippen LogP contribution in [0.5, 0.6) is 0 Å². The third kappa shape index (κ3) is 4.27. The summed E-state index contributed by atoms with van der Waals surface area (Å²) in [5.41, 5.74) is 10.4. The zero-order valence-corrected chi connectivity index (χ0v) is 16.7. The molecule has 5 heteroatoms. The number of nitrogens with two attached hydrogens (primary N) is 1. The molecule has 28 heavy (non-hydrogen) atoms. The smallest absolute Gasteiger partial charge is 0.336 e. The zero-order chi connectivity index (χ0) is 20.1. The first-order valence-electron chi connectivity index (χ1n) is 8.93. The van der Waals surface area contributed by atoms with Gasteiger partial charge < -0.3 is 10.8 Å². The Morgan fingerprint density at radius 1 is 1.04 bits per heavy atom. The lowest BCUT2D eigenvalue weighted by Gasteiger charge is -2.10. The lowest BCUT2D eigenvalue weighted by atomic mass is 10.0. The Balaban J connectivity index is 0.000000211. The molecule has 0 aliphatic carbocycles. The van der Waals surface area contributed by atoms with Crippen LogP contribution in [0, 0.1) is 13.8 Å². The van der Waals surface area contributed by atoms with Crippen LogP contribution in [-0.4, -0.2) is 16.1 Å². The van der Waals surface area contributed by atoms with Crippen LogP contribution in [0.1, 0.15) is 27.0 Å². The van der Waals surface area contributed by atoms with Crippen molar-refractivity contribution in [3.63, 3.8) is 0 Å². The van der Waals surface area contributed by atoms with Crippen LogP contribution >= 0.6 is 11.3 Å². The van der Waals surface area contributed by atoms with Crippen LogP contribution in [0.3, 0.4) is 0 Å². The van der Waals surface area contributed by atoms with E-state index in [0.29, 0.717) is 28.6 Å². The maximum Gasteiger partial charge on any atom is 0.336 e. The molecule has 0 saturated carbocycles. The standard InChI is InChI=1S/C15H11NO2S.C8H11N/c1-9-13(15(17)18)10-5-2-3-6-11(10)16-14(9)12-7-4-8-19-12;1-7-2-4-8(6-9)5-3-7/h2-8H,1H3,(H,17,18);2-5H,6,9H2,1H3. The number of carboxylic acid groups (broad SMARTS) is 1. The van der Waals surface area contributed by atoms with Crippen molar-refractivity contribution in [3.05, 3.63) is 88.3 Å². The summed E-state index contributed by atoms with van der Waals surface area (Å²) in [6.45, 7) is 4.53. The number of thiophene rings is 1. The first-order valence-corrected chi connectivity index (χ1v) is 9.81. The second kappa shape index (κ2) is 8.78. The molecule has 4 nitrogen and oxygen atoms in total. The van der Waals surface area contributed by atoms with E-state index < -0.39 is 5.97 Å². The molecule has 0 fully saturated rings. The van der Waals surface area contributed by atoms with E-state index in [-0.39, 0.29) is 0 Å². The van der Waals surface area contributed by atoms with Gasteiger partial charge in [-0.2, -0.15) is 0 Å². The van der Waals surface area contributed by atoms with Crippen molar-refractivity contribution in [2.45, 2.75) is 20.4 Å². The summed E-state index contributed by atoms with van der Waals surface area (Å²) in [4.78, 5) is 17.1. The first-order chi connectivity index (χ1) is 13.5. The van der Waals surface area contributed by atoms with Gasteiger partial charge in [0.15, 0.2) is 0 Å².